The molecule has 0 aliphatic carbocycles. The molecule has 0 fully saturated rings. The summed E-state index contributed by atoms with van der Waals surface area (Å²) in [5.41, 5.74) is 0. The lowest BCUT2D eigenvalue weighted by Crippen LogP contribution is -2.72. The lowest BCUT2D eigenvalue weighted by Gasteiger charge is -2.46. The van der Waals surface area contributed by atoms with Crippen LogP contribution in [-0.2, 0) is 17.4 Å². The molecule has 4 nitrogen and oxygen atoms in total. The maximum absolute atomic E-state index is 6.82. The number of benzene rings is 2. The predicted molar refractivity (Wildman–Crippen MR) is 105 cm³/mol. The van der Waals surface area contributed by atoms with Gasteiger partial charge in [-0.05, 0) is 15.4 Å². The van der Waals surface area contributed by atoms with E-state index >= 15 is 0 Å². The first kappa shape index (κ1) is 20.0. The van der Waals surface area contributed by atoms with Crippen LogP contribution >= 0.6 is 0 Å². The third-order valence-corrected chi connectivity index (χ3v) is 12.6. The number of hydrogen-bond donors (Lipinski definition) is 0. The van der Waals surface area contributed by atoms with Gasteiger partial charge in [0.25, 0.3) is 8.32 Å². The van der Waals surface area contributed by atoms with Crippen molar-refractivity contribution in [3.63, 3.8) is 0 Å². The first-order chi connectivity index (χ1) is 11.8. The van der Waals surface area contributed by atoms with Gasteiger partial charge in [0.1, 0.15) is 0 Å². The molecule has 0 heterocycles. The third-order valence-electron chi connectivity index (χ3n) is 4.44. The Morgan fingerprint density at radius 1 is 0.640 bits per heavy atom. The summed E-state index contributed by atoms with van der Waals surface area (Å²) in [7, 11) is -1.29. The normalized spacial score (nSPS) is 13.0. The van der Waals surface area contributed by atoms with Crippen molar-refractivity contribution in [3.05, 3.63) is 60.7 Å². The Bertz CT molecular complexity index is 604. The van der Waals surface area contributed by atoms with Crippen LogP contribution in [0.25, 0.3) is 0 Å². The lowest BCUT2D eigenvalue weighted by atomic mass is 10.2. The van der Waals surface area contributed by atoms with E-state index < -0.39 is 17.4 Å². The molecule has 2 aromatic carbocycles. The minimum Gasteiger partial charge on any atom is -0.384 e. The van der Waals surface area contributed by atoms with Gasteiger partial charge in [-0.15, -0.1) is 0 Å². The Labute approximate surface area is 153 Å². The summed E-state index contributed by atoms with van der Waals surface area (Å²) in [5, 5.41) is 2.16. The van der Waals surface area contributed by atoms with Crippen molar-refractivity contribution in [1.82, 2.24) is 0 Å². The summed E-state index contributed by atoms with van der Waals surface area (Å²) in [6.07, 6.45) is 0. The standard InChI is InChI=1S/C19H28O4Si2/c1-19(2,3)24(17-13-9-7-10-14-17,18-15-11-8-12-16-18)23-25(20-4,21-5)22-6/h7-16H,1-6H3. The first-order valence-corrected chi connectivity index (χ1v) is 11.9. The summed E-state index contributed by atoms with van der Waals surface area (Å²) in [5.74, 6) is 0. The molecule has 0 radical (unpaired) electrons. The van der Waals surface area contributed by atoms with Gasteiger partial charge in [-0.3, -0.25) is 0 Å². The van der Waals surface area contributed by atoms with E-state index in [1.807, 2.05) is 36.4 Å². The van der Waals surface area contributed by atoms with Gasteiger partial charge in [-0.2, -0.15) is 0 Å². The first-order valence-electron chi connectivity index (χ1n) is 8.32. The van der Waals surface area contributed by atoms with Gasteiger partial charge < -0.3 is 17.4 Å². The highest BCUT2D eigenvalue weighted by Crippen LogP contribution is 2.38. The highest BCUT2D eigenvalue weighted by atomic mass is 28.5. The van der Waals surface area contributed by atoms with Crippen molar-refractivity contribution in [2.45, 2.75) is 25.8 Å². The fraction of sp³-hybridized carbons (Fsp3) is 0.368. The minimum absolute atomic E-state index is 0.163. The highest BCUT2D eigenvalue weighted by Gasteiger charge is 2.58. The Kier molecular flexibility index (Phi) is 6.37. The van der Waals surface area contributed by atoms with Crippen molar-refractivity contribution in [3.8, 4) is 0 Å². The molecule has 2 aromatic rings. The van der Waals surface area contributed by atoms with E-state index in [4.69, 9.17) is 17.4 Å². The van der Waals surface area contributed by atoms with Gasteiger partial charge in [0.2, 0.25) is 0 Å². The van der Waals surface area contributed by atoms with Crippen molar-refractivity contribution >= 4 is 27.7 Å². The monoisotopic (exact) mass is 376 g/mol. The van der Waals surface area contributed by atoms with Crippen molar-refractivity contribution in [1.29, 1.82) is 0 Å². The van der Waals surface area contributed by atoms with Crippen LogP contribution in [0, 0.1) is 0 Å². The molecule has 0 amide bonds. The van der Waals surface area contributed by atoms with Crippen molar-refractivity contribution in [2.75, 3.05) is 21.3 Å². The van der Waals surface area contributed by atoms with Crippen molar-refractivity contribution < 1.29 is 17.4 Å². The summed E-state index contributed by atoms with van der Waals surface area (Å²) >= 11 is 0. The van der Waals surface area contributed by atoms with Crippen LogP contribution in [0.3, 0.4) is 0 Å². The van der Waals surface area contributed by atoms with E-state index in [1.54, 1.807) is 21.3 Å². The lowest BCUT2D eigenvalue weighted by molar-refractivity contribution is 0.0474. The quantitative estimate of drug-likeness (QED) is 0.696. The van der Waals surface area contributed by atoms with Crippen LogP contribution in [0.15, 0.2) is 60.7 Å². The molecular formula is C19H28O4Si2. The smallest absolute Gasteiger partial charge is 0.384 e. The maximum Gasteiger partial charge on any atom is 0.668 e. The van der Waals surface area contributed by atoms with Crippen LogP contribution in [0.1, 0.15) is 20.8 Å². The molecule has 0 atom stereocenters. The van der Waals surface area contributed by atoms with Gasteiger partial charge in [0.15, 0.2) is 0 Å². The molecule has 0 spiro atoms. The summed E-state index contributed by atoms with van der Waals surface area (Å²) in [6, 6.07) is 20.7. The molecule has 2 rings (SSSR count). The fourth-order valence-electron chi connectivity index (χ4n) is 3.21. The Morgan fingerprint density at radius 2 is 1.00 bits per heavy atom. The van der Waals surface area contributed by atoms with Crippen molar-refractivity contribution in [2.24, 2.45) is 0 Å². The summed E-state index contributed by atoms with van der Waals surface area (Å²) < 4.78 is 23.7. The largest absolute Gasteiger partial charge is 0.668 e. The third kappa shape index (κ3) is 3.79. The number of rotatable bonds is 7. The minimum atomic E-state index is -3.27. The maximum atomic E-state index is 6.82. The van der Waals surface area contributed by atoms with E-state index in [0.717, 1.165) is 10.4 Å². The summed E-state index contributed by atoms with van der Waals surface area (Å²) in [4.78, 5) is 0. The molecule has 0 N–H and O–H groups in total. The zero-order valence-corrected chi connectivity index (χ0v) is 17.9. The zero-order valence-electron chi connectivity index (χ0n) is 15.9. The van der Waals surface area contributed by atoms with E-state index in [1.165, 1.54) is 0 Å². The van der Waals surface area contributed by atoms with Gasteiger partial charge >= 0.3 is 9.05 Å². The molecule has 0 saturated heterocycles. The average Bonchev–Trinajstić information content (AvgIpc) is 2.64. The molecule has 25 heavy (non-hydrogen) atoms. The molecule has 0 unspecified atom stereocenters. The van der Waals surface area contributed by atoms with Gasteiger partial charge in [-0.25, -0.2) is 0 Å². The molecule has 0 bridgehead atoms. The second-order valence-corrected chi connectivity index (χ2v) is 13.9. The van der Waals surface area contributed by atoms with Crippen LogP contribution < -0.4 is 10.4 Å². The molecular weight excluding hydrogens is 348 g/mol. The Balaban J connectivity index is 2.77. The highest BCUT2D eigenvalue weighted by molar-refractivity contribution is 7.02. The summed E-state index contributed by atoms with van der Waals surface area (Å²) in [6.45, 7) is 6.62. The van der Waals surface area contributed by atoms with Crippen LogP contribution in [0.4, 0.5) is 0 Å². The molecule has 0 aromatic heterocycles. The second-order valence-electron chi connectivity index (χ2n) is 6.88. The topological polar surface area (TPSA) is 36.9 Å². The average molecular weight is 377 g/mol. The molecule has 0 saturated carbocycles. The van der Waals surface area contributed by atoms with E-state index in [9.17, 15) is 0 Å². The second kappa shape index (κ2) is 7.95. The Hall–Kier alpha value is -1.29. The van der Waals surface area contributed by atoms with Gasteiger partial charge in [0, 0.05) is 21.3 Å². The predicted octanol–water partition coefficient (Wildman–Crippen LogP) is 2.94. The van der Waals surface area contributed by atoms with Crippen LogP contribution in [-0.4, -0.2) is 38.7 Å². The van der Waals surface area contributed by atoms with E-state index in [-0.39, 0.29) is 5.04 Å². The Morgan fingerprint density at radius 3 is 1.28 bits per heavy atom. The van der Waals surface area contributed by atoms with Crippen LogP contribution in [0.2, 0.25) is 5.04 Å². The zero-order chi connectivity index (χ0) is 18.6. The van der Waals surface area contributed by atoms with Crippen LogP contribution in [0.5, 0.6) is 0 Å². The fourth-order valence-corrected chi connectivity index (χ4v) is 11.8. The SMILES string of the molecule is CO[Si](OC)(OC)O[Si](c1ccccc1)(c1ccccc1)C(C)(C)C. The molecule has 0 aliphatic heterocycles. The molecule has 0 aliphatic rings. The van der Waals surface area contributed by atoms with E-state index in [0.29, 0.717) is 0 Å². The van der Waals surface area contributed by atoms with E-state index in [2.05, 4.69) is 45.0 Å². The van der Waals surface area contributed by atoms with Gasteiger partial charge in [0.05, 0.1) is 0 Å². The molecule has 6 heteroatoms. The molecule has 136 valence electrons. The number of hydrogen-bond acceptors (Lipinski definition) is 4. The van der Waals surface area contributed by atoms with Gasteiger partial charge in [-0.1, -0.05) is 81.4 Å².